The standard InChI is InChI=1S/C10H10Cl2N2S/c11-8-3-1-2-7(6-13)9(8)14-4-5-15-10(14)12/h1-5,10H,6,13H2. The minimum absolute atomic E-state index is 0.143. The summed E-state index contributed by atoms with van der Waals surface area (Å²) in [7, 11) is 0. The largest absolute Gasteiger partial charge is 0.326 e. The Kier molecular flexibility index (Phi) is 3.46. The second-order valence-electron chi connectivity index (χ2n) is 3.07. The van der Waals surface area contributed by atoms with Crippen LogP contribution in [-0.2, 0) is 6.54 Å². The Morgan fingerprint density at radius 1 is 1.47 bits per heavy atom. The molecule has 1 unspecified atom stereocenters. The van der Waals surface area contributed by atoms with Gasteiger partial charge in [-0.1, -0.05) is 47.1 Å². The quantitative estimate of drug-likeness (QED) is 0.654. The third-order valence-electron chi connectivity index (χ3n) is 2.18. The van der Waals surface area contributed by atoms with Crippen molar-refractivity contribution >= 4 is 40.7 Å². The molecule has 0 bridgehead atoms. The Balaban J connectivity index is 2.45. The Labute approximate surface area is 103 Å². The highest BCUT2D eigenvalue weighted by atomic mass is 35.5. The Morgan fingerprint density at radius 2 is 2.27 bits per heavy atom. The van der Waals surface area contributed by atoms with Crippen LogP contribution in [-0.4, -0.2) is 4.83 Å². The third-order valence-corrected chi connectivity index (χ3v) is 3.73. The van der Waals surface area contributed by atoms with Gasteiger partial charge in [0.05, 0.1) is 10.7 Å². The molecule has 5 heteroatoms. The van der Waals surface area contributed by atoms with Crippen molar-refractivity contribution in [3.63, 3.8) is 0 Å². The molecule has 0 saturated heterocycles. The molecular weight excluding hydrogens is 251 g/mol. The SMILES string of the molecule is NCc1cccc(Cl)c1N1C=CSC1Cl. The maximum atomic E-state index is 6.15. The van der Waals surface area contributed by atoms with Crippen LogP contribution >= 0.6 is 35.0 Å². The van der Waals surface area contributed by atoms with E-state index in [0.717, 1.165) is 11.3 Å². The van der Waals surface area contributed by atoms with Gasteiger partial charge in [-0.2, -0.15) is 0 Å². The van der Waals surface area contributed by atoms with Crippen LogP contribution in [0.1, 0.15) is 5.56 Å². The molecule has 1 aliphatic heterocycles. The van der Waals surface area contributed by atoms with Gasteiger partial charge in [-0.15, -0.1) is 0 Å². The molecule has 1 heterocycles. The van der Waals surface area contributed by atoms with E-state index in [1.54, 1.807) is 0 Å². The van der Waals surface area contributed by atoms with E-state index < -0.39 is 0 Å². The first kappa shape index (κ1) is 11.1. The second-order valence-corrected chi connectivity index (χ2v) is 5.14. The molecule has 80 valence electrons. The topological polar surface area (TPSA) is 29.3 Å². The number of hydrogen-bond acceptors (Lipinski definition) is 3. The summed E-state index contributed by atoms with van der Waals surface area (Å²) >= 11 is 13.8. The summed E-state index contributed by atoms with van der Waals surface area (Å²) in [5, 5.41) is 2.62. The summed E-state index contributed by atoms with van der Waals surface area (Å²) in [5.74, 6) is 0. The molecular formula is C10H10Cl2N2S. The first-order chi connectivity index (χ1) is 7.24. The van der Waals surface area contributed by atoms with E-state index in [-0.39, 0.29) is 4.83 Å². The summed E-state index contributed by atoms with van der Waals surface area (Å²) in [4.78, 5) is 1.78. The lowest BCUT2D eigenvalue weighted by Crippen LogP contribution is -2.21. The summed E-state index contributed by atoms with van der Waals surface area (Å²) < 4.78 is 0. The van der Waals surface area contributed by atoms with Crippen LogP contribution in [0.15, 0.2) is 29.8 Å². The molecule has 2 rings (SSSR count). The maximum Gasteiger partial charge on any atom is 0.159 e. The fourth-order valence-corrected chi connectivity index (χ4v) is 2.76. The molecule has 1 aromatic rings. The fraction of sp³-hybridized carbons (Fsp3) is 0.200. The van der Waals surface area contributed by atoms with Crippen molar-refractivity contribution in [2.45, 2.75) is 11.4 Å². The highest BCUT2D eigenvalue weighted by molar-refractivity contribution is 8.04. The second kappa shape index (κ2) is 4.66. The molecule has 2 nitrogen and oxygen atoms in total. The van der Waals surface area contributed by atoms with Gasteiger partial charge in [0.15, 0.2) is 4.83 Å². The van der Waals surface area contributed by atoms with Crippen LogP contribution in [0.2, 0.25) is 5.02 Å². The molecule has 2 N–H and O–H groups in total. The minimum atomic E-state index is -0.143. The fourth-order valence-electron chi connectivity index (χ4n) is 1.49. The van der Waals surface area contributed by atoms with E-state index in [1.165, 1.54) is 11.8 Å². The van der Waals surface area contributed by atoms with E-state index in [4.69, 9.17) is 28.9 Å². The van der Waals surface area contributed by atoms with Gasteiger partial charge in [-0.25, -0.2) is 0 Å². The predicted octanol–water partition coefficient (Wildman–Crippen LogP) is 3.35. The van der Waals surface area contributed by atoms with E-state index in [0.29, 0.717) is 11.6 Å². The van der Waals surface area contributed by atoms with E-state index in [1.807, 2.05) is 34.7 Å². The molecule has 15 heavy (non-hydrogen) atoms. The lowest BCUT2D eigenvalue weighted by molar-refractivity contribution is 1.03. The molecule has 0 saturated carbocycles. The molecule has 0 aliphatic carbocycles. The van der Waals surface area contributed by atoms with E-state index in [2.05, 4.69) is 0 Å². The van der Waals surface area contributed by atoms with Gasteiger partial charge >= 0.3 is 0 Å². The first-order valence-electron chi connectivity index (χ1n) is 4.46. The van der Waals surface area contributed by atoms with Crippen molar-refractivity contribution in [3.8, 4) is 0 Å². The van der Waals surface area contributed by atoms with Crippen molar-refractivity contribution in [2.24, 2.45) is 5.73 Å². The normalized spacial score (nSPS) is 19.9. The van der Waals surface area contributed by atoms with Crippen LogP contribution in [0.3, 0.4) is 0 Å². The lowest BCUT2D eigenvalue weighted by atomic mass is 10.1. The van der Waals surface area contributed by atoms with Gasteiger partial charge in [0.2, 0.25) is 0 Å². The van der Waals surface area contributed by atoms with Crippen LogP contribution in [0, 0.1) is 0 Å². The van der Waals surface area contributed by atoms with Gasteiger partial charge in [0.1, 0.15) is 0 Å². The van der Waals surface area contributed by atoms with Gasteiger partial charge in [0, 0.05) is 12.7 Å². The van der Waals surface area contributed by atoms with Crippen LogP contribution in [0.4, 0.5) is 5.69 Å². The number of anilines is 1. The van der Waals surface area contributed by atoms with Crippen molar-refractivity contribution in [1.82, 2.24) is 0 Å². The smallest absolute Gasteiger partial charge is 0.159 e. The van der Waals surface area contributed by atoms with Gasteiger partial charge in [-0.3, -0.25) is 0 Å². The summed E-state index contributed by atoms with van der Waals surface area (Å²) in [6.07, 6.45) is 1.92. The van der Waals surface area contributed by atoms with Crippen molar-refractivity contribution in [3.05, 3.63) is 40.4 Å². The van der Waals surface area contributed by atoms with Crippen LogP contribution in [0.25, 0.3) is 0 Å². The number of rotatable bonds is 2. The Bertz CT molecular complexity index is 395. The van der Waals surface area contributed by atoms with Gasteiger partial charge < -0.3 is 10.6 Å². The molecule has 0 radical (unpaired) electrons. The molecule has 0 spiro atoms. The Hall–Kier alpha value is -0.350. The summed E-state index contributed by atoms with van der Waals surface area (Å²) in [6.45, 7) is 0.453. The zero-order valence-corrected chi connectivity index (χ0v) is 10.2. The van der Waals surface area contributed by atoms with Crippen molar-refractivity contribution in [2.75, 3.05) is 4.90 Å². The average molecular weight is 261 g/mol. The first-order valence-corrected chi connectivity index (χ1v) is 6.21. The highest BCUT2D eigenvalue weighted by Crippen LogP contribution is 2.38. The minimum Gasteiger partial charge on any atom is -0.326 e. The molecule has 1 aromatic carbocycles. The molecule has 0 fully saturated rings. The zero-order valence-electron chi connectivity index (χ0n) is 7.86. The number of thioether (sulfide) groups is 1. The van der Waals surface area contributed by atoms with Gasteiger partial charge in [0.25, 0.3) is 0 Å². The number of alkyl halides is 1. The monoisotopic (exact) mass is 260 g/mol. The summed E-state index contributed by atoms with van der Waals surface area (Å²) in [6, 6.07) is 5.70. The summed E-state index contributed by atoms with van der Waals surface area (Å²) in [5.41, 5.74) is 7.58. The van der Waals surface area contributed by atoms with Gasteiger partial charge in [-0.05, 0) is 17.0 Å². The number of hydrogen-bond donors (Lipinski definition) is 1. The molecule has 1 aliphatic rings. The lowest BCUT2D eigenvalue weighted by Gasteiger charge is -2.23. The molecule has 1 atom stereocenters. The number of halogens is 2. The number of para-hydroxylation sites is 1. The van der Waals surface area contributed by atoms with Crippen molar-refractivity contribution < 1.29 is 0 Å². The Morgan fingerprint density at radius 3 is 2.87 bits per heavy atom. The van der Waals surface area contributed by atoms with Crippen LogP contribution in [0.5, 0.6) is 0 Å². The molecule has 0 aromatic heterocycles. The molecule has 0 amide bonds. The number of nitrogens with zero attached hydrogens (tertiary/aromatic N) is 1. The van der Waals surface area contributed by atoms with E-state index >= 15 is 0 Å². The predicted molar refractivity (Wildman–Crippen MR) is 68.2 cm³/mol. The third kappa shape index (κ3) is 2.11. The average Bonchev–Trinajstić information content (AvgIpc) is 2.64. The highest BCUT2D eigenvalue weighted by Gasteiger charge is 2.22. The maximum absolute atomic E-state index is 6.15. The van der Waals surface area contributed by atoms with Crippen molar-refractivity contribution in [1.29, 1.82) is 0 Å². The number of benzene rings is 1. The zero-order chi connectivity index (χ0) is 10.8. The van der Waals surface area contributed by atoms with E-state index in [9.17, 15) is 0 Å². The number of nitrogens with two attached hydrogens (primary N) is 1. The van der Waals surface area contributed by atoms with Crippen LogP contribution < -0.4 is 10.6 Å².